The van der Waals surface area contributed by atoms with Gasteiger partial charge in [0, 0.05) is 5.56 Å². The van der Waals surface area contributed by atoms with Crippen LogP contribution >= 0.6 is 0 Å². The van der Waals surface area contributed by atoms with E-state index in [4.69, 9.17) is 0 Å². The first-order valence-electron chi connectivity index (χ1n) is 6.42. The molecule has 19 heavy (non-hydrogen) atoms. The molecule has 96 valence electrons. The Kier molecular flexibility index (Phi) is 3.96. The second kappa shape index (κ2) is 5.66. The monoisotopic (exact) mass is 250 g/mol. The quantitative estimate of drug-likeness (QED) is 0.578. The molecule has 1 heteroatoms. The second-order valence-electron chi connectivity index (χ2n) is 4.93. The van der Waals surface area contributed by atoms with Crippen molar-refractivity contribution in [3.05, 3.63) is 76.4 Å². The zero-order valence-electron chi connectivity index (χ0n) is 11.6. The Morgan fingerprint density at radius 3 is 2.21 bits per heavy atom. The molecule has 0 aliphatic rings. The molecule has 0 aromatic heterocycles. The fourth-order valence-corrected chi connectivity index (χ4v) is 1.94. The van der Waals surface area contributed by atoms with Gasteiger partial charge >= 0.3 is 0 Å². The summed E-state index contributed by atoms with van der Waals surface area (Å²) in [5.41, 5.74) is 5.17. The first-order chi connectivity index (χ1) is 9.06. The molecule has 0 bridgehead atoms. The highest BCUT2D eigenvalue weighted by atomic mass is 16.1. The largest absolute Gasteiger partial charge is 0.289 e. The van der Waals surface area contributed by atoms with Crippen molar-refractivity contribution < 1.29 is 4.79 Å². The smallest absolute Gasteiger partial charge is 0.186 e. The topological polar surface area (TPSA) is 17.1 Å². The van der Waals surface area contributed by atoms with Gasteiger partial charge in [-0.2, -0.15) is 0 Å². The molecule has 0 amide bonds. The van der Waals surface area contributed by atoms with Gasteiger partial charge in [-0.3, -0.25) is 4.79 Å². The lowest BCUT2D eigenvalue weighted by atomic mass is 10.0. The maximum Gasteiger partial charge on any atom is 0.186 e. The summed E-state index contributed by atoms with van der Waals surface area (Å²) in [7, 11) is 0. The van der Waals surface area contributed by atoms with Crippen molar-refractivity contribution in [2.45, 2.75) is 20.8 Å². The number of allylic oxidation sites excluding steroid dienone is 1. The van der Waals surface area contributed by atoms with Crippen LogP contribution < -0.4 is 0 Å². The Balaban J connectivity index is 2.21. The fourth-order valence-electron chi connectivity index (χ4n) is 1.94. The van der Waals surface area contributed by atoms with E-state index in [1.807, 2.05) is 62.4 Å². The molecule has 2 rings (SSSR count). The van der Waals surface area contributed by atoms with Crippen molar-refractivity contribution in [2.24, 2.45) is 0 Å². The van der Waals surface area contributed by atoms with Crippen molar-refractivity contribution in [1.29, 1.82) is 0 Å². The van der Waals surface area contributed by atoms with Gasteiger partial charge in [0.15, 0.2) is 5.78 Å². The van der Waals surface area contributed by atoms with Crippen molar-refractivity contribution in [3.8, 4) is 0 Å². The van der Waals surface area contributed by atoms with Crippen molar-refractivity contribution in [2.75, 3.05) is 0 Å². The molecule has 0 N–H and O–H groups in total. The van der Waals surface area contributed by atoms with Crippen molar-refractivity contribution in [3.63, 3.8) is 0 Å². The number of hydrogen-bond donors (Lipinski definition) is 0. The van der Waals surface area contributed by atoms with Crippen LogP contribution in [0.3, 0.4) is 0 Å². The number of carbonyl (C=O) groups is 1. The first kappa shape index (κ1) is 13.3. The highest BCUT2D eigenvalue weighted by molar-refractivity contribution is 6.07. The van der Waals surface area contributed by atoms with E-state index in [0.29, 0.717) is 0 Å². The molecule has 0 saturated carbocycles. The third-order valence-corrected chi connectivity index (χ3v) is 3.16. The van der Waals surface area contributed by atoms with Gasteiger partial charge < -0.3 is 0 Å². The van der Waals surface area contributed by atoms with E-state index in [1.54, 1.807) is 6.08 Å². The number of aryl methyl sites for hydroxylation is 3. The van der Waals surface area contributed by atoms with E-state index in [0.717, 1.165) is 22.3 Å². The fraction of sp³-hybridized carbons (Fsp3) is 0.167. The van der Waals surface area contributed by atoms with Gasteiger partial charge in [0.1, 0.15) is 0 Å². The molecule has 2 aromatic carbocycles. The number of hydrogen-bond acceptors (Lipinski definition) is 1. The minimum atomic E-state index is 0.0572. The number of ketones is 1. The summed E-state index contributed by atoms with van der Waals surface area (Å²) < 4.78 is 0. The molecule has 0 atom stereocenters. The lowest BCUT2D eigenvalue weighted by Gasteiger charge is -2.03. The van der Waals surface area contributed by atoms with E-state index in [-0.39, 0.29) is 5.78 Å². The molecule has 0 unspecified atom stereocenters. The zero-order valence-corrected chi connectivity index (χ0v) is 11.6. The number of carbonyl (C=O) groups excluding carboxylic acids is 1. The van der Waals surface area contributed by atoms with Gasteiger partial charge in [-0.05, 0) is 44.0 Å². The molecule has 0 fully saturated rings. The molecule has 2 aromatic rings. The third-order valence-electron chi connectivity index (χ3n) is 3.16. The average Bonchev–Trinajstić information content (AvgIpc) is 2.40. The summed E-state index contributed by atoms with van der Waals surface area (Å²) in [6, 6.07) is 14.1. The summed E-state index contributed by atoms with van der Waals surface area (Å²) >= 11 is 0. The van der Waals surface area contributed by atoms with Crippen LogP contribution in [0.1, 0.15) is 32.6 Å². The highest BCUT2D eigenvalue weighted by Crippen LogP contribution is 2.13. The normalized spacial score (nSPS) is 10.9. The summed E-state index contributed by atoms with van der Waals surface area (Å²) in [4.78, 5) is 12.2. The zero-order chi connectivity index (χ0) is 13.8. The predicted octanol–water partition coefficient (Wildman–Crippen LogP) is 4.51. The van der Waals surface area contributed by atoms with Crippen molar-refractivity contribution in [1.82, 2.24) is 0 Å². The molecule has 0 aliphatic carbocycles. The molecule has 0 saturated heterocycles. The Morgan fingerprint density at radius 2 is 1.53 bits per heavy atom. The summed E-state index contributed by atoms with van der Waals surface area (Å²) in [6.45, 7) is 6.01. The van der Waals surface area contributed by atoms with Crippen LogP contribution in [0.15, 0.2) is 48.5 Å². The Bertz CT molecular complexity index is 619. The molecule has 0 radical (unpaired) electrons. The van der Waals surface area contributed by atoms with Crippen LogP contribution in [0.25, 0.3) is 6.08 Å². The van der Waals surface area contributed by atoms with Crippen LogP contribution in [0.2, 0.25) is 0 Å². The van der Waals surface area contributed by atoms with Gasteiger partial charge in [0.2, 0.25) is 0 Å². The van der Waals surface area contributed by atoms with Crippen LogP contribution in [0, 0.1) is 20.8 Å². The highest BCUT2D eigenvalue weighted by Gasteiger charge is 2.05. The minimum Gasteiger partial charge on any atom is -0.289 e. The van der Waals surface area contributed by atoms with Crippen LogP contribution in [-0.4, -0.2) is 5.78 Å². The van der Waals surface area contributed by atoms with E-state index in [9.17, 15) is 4.79 Å². The standard InChI is InChI=1S/C18H18O/c1-13-5-8-16(9-6-13)10-11-18(19)17-12-14(2)4-7-15(17)3/h4-12H,1-3H3/b11-10+. The average molecular weight is 250 g/mol. The predicted molar refractivity (Wildman–Crippen MR) is 80.5 cm³/mol. The summed E-state index contributed by atoms with van der Waals surface area (Å²) in [5, 5.41) is 0. The number of rotatable bonds is 3. The minimum absolute atomic E-state index is 0.0572. The van der Waals surface area contributed by atoms with Crippen LogP contribution in [-0.2, 0) is 0 Å². The first-order valence-corrected chi connectivity index (χ1v) is 6.42. The number of benzene rings is 2. The van der Waals surface area contributed by atoms with Gasteiger partial charge in [0.25, 0.3) is 0 Å². The van der Waals surface area contributed by atoms with Gasteiger partial charge in [-0.1, -0.05) is 53.6 Å². The third kappa shape index (κ3) is 3.41. The molecule has 0 heterocycles. The van der Waals surface area contributed by atoms with E-state index >= 15 is 0 Å². The van der Waals surface area contributed by atoms with Crippen molar-refractivity contribution >= 4 is 11.9 Å². The summed E-state index contributed by atoms with van der Waals surface area (Å²) in [6.07, 6.45) is 3.51. The van der Waals surface area contributed by atoms with E-state index < -0.39 is 0 Å². The Labute approximate surface area is 114 Å². The van der Waals surface area contributed by atoms with E-state index in [2.05, 4.69) is 6.92 Å². The molecule has 1 nitrogen and oxygen atoms in total. The van der Waals surface area contributed by atoms with E-state index in [1.165, 1.54) is 5.56 Å². The second-order valence-corrected chi connectivity index (χ2v) is 4.93. The SMILES string of the molecule is Cc1ccc(/C=C/C(=O)c2cc(C)ccc2C)cc1. The van der Waals surface area contributed by atoms with Crippen LogP contribution in [0.4, 0.5) is 0 Å². The summed E-state index contributed by atoms with van der Waals surface area (Å²) in [5.74, 6) is 0.0572. The lowest BCUT2D eigenvalue weighted by Crippen LogP contribution is -1.98. The Morgan fingerprint density at radius 1 is 0.895 bits per heavy atom. The molecule has 0 spiro atoms. The Hall–Kier alpha value is -2.15. The maximum atomic E-state index is 12.2. The maximum absolute atomic E-state index is 12.2. The van der Waals surface area contributed by atoms with Gasteiger partial charge in [-0.25, -0.2) is 0 Å². The molecular formula is C18H18O. The lowest BCUT2D eigenvalue weighted by molar-refractivity contribution is 0.104. The van der Waals surface area contributed by atoms with Gasteiger partial charge in [0.05, 0.1) is 0 Å². The molecule has 0 aliphatic heterocycles. The van der Waals surface area contributed by atoms with Crippen LogP contribution in [0.5, 0.6) is 0 Å². The van der Waals surface area contributed by atoms with Gasteiger partial charge in [-0.15, -0.1) is 0 Å². The molecular weight excluding hydrogens is 232 g/mol.